The first-order valence-corrected chi connectivity index (χ1v) is 24.1. The van der Waals surface area contributed by atoms with Crippen LogP contribution in [0.3, 0.4) is 0 Å². The monoisotopic (exact) mass is 952 g/mol. The molecule has 5 aromatic rings. The third-order valence-electron chi connectivity index (χ3n) is 15.2. The number of rotatable bonds is 11. The number of nitrogens with zero attached hydrogens (tertiary/aromatic N) is 8. The zero-order chi connectivity index (χ0) is 48.7. The van der Waals surface area contributed by atoms with Gasteiger partial charge in [0.1, 0.15) is 35.3 Å². The molecule has 18 heteroatoms. The number of hydrogen-bond donors (Lipinski definition) is 2. The van der Waals surface area contributed by atoms with Gasteiger partial charge in [-0.25, -0.2) is 18.3 Å². The maximum Gasteiger partial charge on any atom is 0.255 e. The van der Waals surface area contributed by atoms with E-state index in [1.807, 2.05) is 42.2 Å². The quantitative estimate of drug-likeness (QED) is 0.161. The molecule has 3 aromatic heterocycles. The van der Waals surface area contributed by atoms with E-state index in [0.29, 0.717) is 74.6 Å². The molecule has 4 saturated heterocycles. The Balaban J connectivity index is 0.767. The Morgan fingerprint density at radius 2 is 1.69 bits per heavy atom. The standard InChI is InChI=1S/C52H54F2N10O6/c1-2-70-38-26-40(47-36(27-55)29-57-64(47)31-38)34-4-9-44(56-28-34)61-21-15-52(16-22-61,59-48(67)41-25-37(53)5-7-42(41)54)32-60-17-11-51(12-18-60)13-19-62(20-14-51)46(66)24-33-3-6-39-35(23-33)30-63(50(39)69)43-8-10-45(65)58-49(43)68/h3-7,9,23,25-26,28-29,31,43H,2,8,10-22,24,30,32H2,1H3,(H,59,67)(H,58,65,68). The summed E-state index contributed by atoms with van der Waals surface area (Å²) in [5, 5.41) is 19.7. The number of piperidine rings is 4. The highest BCUT2D eigenvalue weighted by molar-refractivity contribution is 6.05. The molecule has 10 rings (SSSR count). The summed E-state index contributed by atoms with van der Waals surface area (Å²) < 4.78 is 36.7. The van der Waals surface area contributed by atoms with Crippen molar-refractivity contribution in [3.63, 3.8) is 0 Å². The number of anilines is 1. The van der Waals surface area contributed by atoms with E-state index in [1.54, 1.807) is 23.0 Å². The SMILES string of the molecule is CCOc1cc(-c2ccc(N3CCC(CN4CCC5(CC4)CCN(C(=O)Cc4ccc6c(c4)CN(C4CCC(=O)NC4=O)C6=O)CC5)(NC(=O)c4cc(F)ccc4F)CC3)nc2)c2c(C#N)cnn2c1. The molecule has 0 aliphatic carbocycles. The van der Waals surface area contributed by atoms with Crippen LogP contribution in [0.5, 0.6) is 5.75 Å². The summed E-state index contributed by atoms with van der Waals surface area (Å²) in [5.74, 6) is -1.78. The summed E-state index contributed by atoms with van der Waals surface area (Å²) >= 11 is 0. The zero-order valence-corrected chi connectivity index (χ0v) is 39.0. The summed E-state index contributed by atoms with van der Waals surface area (Å²) in [5.41, 5.74) is 3.76. The van der Waals surface area contributed by atoms with E-state index < -0.39 is 35.0 Å². The molecule has 1 unspecified atom stereocenters. The summed E-state index contributed by atoms with van der Waals surface area (Å²) in [6.07, 6.45) is 10.4. The van der Waals surface area contributed by atoms with Crippen molar-refractivity contribution in [1.82, 2.24) is 39.9 Å². The molecule has 0 radical (unpaired) electrons. The first-order chi connectivity index (χ1) is 33.8. The molecule has 0 bridgehead atoms. The molecule has 0 saturated carbocycles. The third kappa shape index (κ3) is 9.17. The number of likely N-dealkylation sites (tertiary alicyclic amines) is 2. The number of ether oxygens (including phenoxy) is 1. The Morgan fingerprint density at radius 1 is 0.914 bits per heavy atom. The van der Waals surface area contributed by atoms with E-state index >= 15 is 0 Å². The van der Waals surface area contributed by atoms with Crippen LogP contribution in [0.1, 0.15) is 95.7 Å². The number of amides is 5. The third-order valence-corrected chi connectivity index (χ3v) is 15.2. The van der Waals surface area contributed by atoms with E-state index in [0.717, 1.165) is 85.0 Å². The minimum Gasteiger partial charge on any atom is -0.492 e. The maximum atomic E-state index is 15.0. The van der Waals surface area contributed by atoms with Gasteiger partial charge in [0.15, 0.2) is 0 Å². The number of pyridine rings is 2. The predicted molar refractivity (Wildman–Crippen MR) is 252 cm³/mol. The van der Waals surface area contributed by atoms with Gasteiger partial charge in [-0.3, -0.25) is 29.3 Å². The number of nitriles is 1. The van der Waals surface area contributed by atoms with Gasteiger partial charge in [-0.05, 0) is 124 Å². The highest BCUT2D eigenvalue weighted by Crippen LogP contribution is 2.42. The maximum absolute atomic E-state index is 15.0. The number of fused-ring (bicyclic) bond motifs is 2. The van der Waals surface area contributed by atoms with E-state index in [-0.39, 0.29) is 54.5 Å². The zero-order valence-electron chi connectivity index (χ0n) is 39.0. The molecule has 1 spiro atoms. The Hall–Kier alpha value is -7.26. The number of nitrogens with one attached hydrogen (secondary N) is 2. The Morgan fingerprint density at radius 3 is 2.40 bits per heavy atom. The fourth-order valence-corrected chi connectivity index (χ4v) is 11.2. The molecule has 362 valence electrons. The van der Waals surface area contributed by atoms with Crippen molar-refractivity contribution in [2.24, 2.45) is 5.41 Å². The van der Waals surface area contributed by atoms with Crippen LogP contribution in [0.25, 0.3) is 16.6 Å². The number of hydrogen-bond acceptors (Lipinski definition) is 11. The van der Waals surface area contributed by atoms with E-state index in [1.165, 1.54) is 11.1 Å². The topological polar surface area (TPSA) is 186 Å². The molecule has 16 nitrogen and oxygen atoms in total. The van der Waals surface area contributed by atoms with Gasteiger partial charge in [-0.1, -0.05) is 12.1 Å². The normalized spacial score (nSPS) is 20.1. The van der Waals surface area contributed by atoms with Crippen LogP contribution in [0.4, 0.5) is 14.6 Å². The number of carbonyl (C=O) groups is 5. The van der Waals surface area contributed by atoms with Crippen LogP contribution in [-0.4, -0.2) is 123 Å². The smallest absolute Gasteiger partial charge is 0.255 e. The largest absolute Gasteiger partial charge is 0.492 e. The molecule has 2 aromatic carbocycles. The lowest BCUT2D eigenvalue weighted by atomic mass is 9.71. The molecule has 5 aliphatic heterocycles. The minimum atomic E-state index is -0.787. The predicted octanol–water partition coefficient (Wildman–Crippen LogP) is 5.42. The molecule has 5 amide bonds. The van der Waals surface area contributed by atoms with E-state index in [4.69, 9.17) is 9.72 Å². The lowest BCUT2D eigenvalue weighted by molar-refractivity contribution is -0.137. The summed E-state index contributed by atoms with van der Waals surface area (Å²) in [6.45, 7) is 7.13. The highest BCUT2D eigenvalue weighted by atomic mass is 19.1. The van der Waals surface area contributed by atoms with Crippen molar-refractivity contribution in [1.29, 1.82) is 5.26 Å². The van der Waals surface area contributed by atoms with Crippen LogP contribution in [0.15, 0.2) is 73.2 Å². The molecular weight excluding hydrogens is 899 g/mol. The number of carbonyl (C=O) groups excluding carboxylic acids is 5. The van der Waals surface area contributed by atoms with Crippen molar-refractivity contribution >= 4 is 40.9 Å². The van der Waals surface area contributed by atoms with Gasteiger partial charge >= 0.3 is 0 Å². The molecule has 1 atom stereocenters. The number of aromatic nitrogens is 3. The second-order valence-corrected chi connectivity index (χ2v) is 19.5. The van der Waals surface area contributed by atoms with Gasteiger partial charge in [0, 0.05) is 68.6 Å². The molecule has 5 aliphatic rings. The van der Waals surface area contributed by atoms with Gasteiger partial charge in [-0.15, -0.1) is 0 Å². The molecule has 4 fully saturated rings. The van der Waals surface area contributed by atoms with Crippen LogP contribution in [0, 0.1) is 28.4 Å². The summed E-state index contributed by atoms with van der Waals surface area (Å²) in [7, 11) is 0. The lowest BCUT2D eigenvalue weighted by Gasteiger charge is -2.50. The van der Waals surface area contributed by atoms with Crippen molar-refractivity contribution in [2.75, 3.05) is 57.3 Å². The fourth-order valence-electron chi connectivity index (χ4n) is 11.2. The molecule has 8 heterocycles. The lowest BCUT2D eigenvalue weighted by Crippen LogP contribution is -2.62. The summed E-state index contributed by atoms with van der Waals surface area (Å²) in [6, 6.07) is 15.6. The van der Waals surface area contributed by atoms with Crippen molar-refractivity contribution in [3.8, 4) is 22.9 Å². The van der Waals surface area contributed by atoms with Crippen LogP contribution >= 0.6 is 0 Å². The fraction of sp³-hybridized carbons (Fsp3) is 0.423. The summed E-state index contributed by atoms with van der Waals surface area (Å²) in [4.78, 5) is 77.6. The highest BCUT2D eigenvalue weighted by Gasteiger charge is 2.44. The van der Waals surface area contributed by atoms with Crippen LogP contribution in [0.2, 0.25) is 0 Å². The van der Waals surface area contributed by atoms with Gasteiger partial charge in [0.2, 0.25) is 17.7 Å². The van der Waals surface area contributed by atoms with Crippen molar-refractivity contribution in [3.05, 3.63) is 113 Å². The van der Waals surface area contributed by atoms with Crippen LogP contribution < -0.4 is 20.3 Å². The first-order valence-electron chi connectivity index (χ1n) is 24.1. The van der Waals surface area contributed by atoms with Gasteiger partial charge in [0.25, 0.3) is 11.8 Å². The average Bonchev–Trinajstić information content (AvgIpc) is 3.93. The number of halogens is 2. The van der Waals surface area contributed by atoms with Gasteiger partial charge < -0.3 is 29.7 Å². The second kappa shape index (κ2) is 18.9. The Kier molecular flexibility index (Phi) is 12.6. The molecular formula is C52H54F2N10O6. The average molecular weight is 953 g/mol. The second-order valence-electron chi connectivity index (χ2n) is 19.5. The number of imide groups is 1. The number of benzene rings is 2. The van der Waals surface area contributed by atoms with Gasteiger partial charge in [0.05, 0.1) is 47.6 Å². The first kappa shape index (κ1) is 46.5. The minimum absolute atomic E-state index is 0.0287. The molecule has 70 heavy (non-hydrogen) atoms. The van der Waals surface area contributed by atoms with E-state index in [9.17, 15) is 38.0 Å². The van der Waals surface area contributed by atoms with Gasteiger partial charge in [-0.2, -0.15) is 10.4 Å². The van der Waals surface area contributed by atoms with Crippen LogP contribution in [-0.2, 0) is 27.3 Å². The molecule has 2 N–H and O–H groups in total. The van der Waals surface area contributed by atoms with E-state index in [2.05, 4.69) is 31.6 Å². The Labute approximate surface area is 403 Å². The Bertz CT molecular complexity index is 2930. The van der Waals surface area contributed by atoms with Crippen molar-refractivity contribution in [2.45, 2.75) is 82.8 Å². The van der Waals surface area contributed by atoms with Crippen molar-refractivity contribution < 1.29 is 37.5 Å².